The van der Waals surface area contributed by atoms with Crippen LogP contribution in [0.15, 0.2) is 23.7 Å². The maximum atomic E-state index is 5.40. The summed E-state index contributed by atoms with van der Waals surface area (Å²) in [4.78, 5) is 12.1. The molecule has 4 N–H and O–H groups in total. The number of rotatable bonds is 5. The maximum absolute atomic E-state index is 5.40. The monoisotopic (exact) mass is 289 g/mol. The predicted molar refractivity (Wildman–Crippen MR) is 80.8 cm³/mol. The van der Waals surface area contributed by atoms with E-state index in [2.05, 4.69) is 48.0 Å². The van der Waals surface area contributed by atoms with Gasteiger partial charge in [-0.2, -0.15) is 15.1 Å². The van der Waals surface area contributed by atoms with E-state index in [1.54, 1.807) is 17.5 Å². The number of nitrogens with two attached hydrogens (primary N) is 1. The van der Waals surface area contributed by atoms with E-state index >= 15 is 0 Å². The van der Waals surface area contributed by atoms with Gasteiger partial charge in [0.05, 0.1) is 11.6 Å². The van der Waals surface area contributed by atoms with Gasteiger partial charge in [0, 0.05) is 18.5 Å². The molecule has 0 saturated carbocycles. The smallest absolute Gasteiger partial charge is 0.241 e. The van der Waals surface area contributed by atoms with Gasteiger partial charge in [0.25, 0.3) is 0 Å². The van der Waals surface area contributed by atoms with Gasteiger partial charge in [-0.15, -0.1) is 11.3 Å². The summed E-state index contributed by atoms with van der Waals surface area (Å²) >= 11 is 1.76. The molecule has 0 bridgehead atoms. The van der Waals surface area contributed by atoms with Crippen LogP contribution in [0.1, 0.15) is 4.88 Å². The van der Waals surface area contributed by atoms with Crippen LogP contribution < -0.4 is 16.2 Å². The second kappa shape index (κ2) is 5.43. The topological polar surface area (TPSA) is 95.8 Å². The van der Waals surface area contributed by atoms with E-state index in [0.717, 1.165) is 24.2 Å². The highest BCUT2D eigenvalue weighted by atomic mass is 32.1. The molecule has 7 nitrogen and oxygen atoms in total. The Hall–Kier alpha value is -2.19. The summed E-state index contributed by atoms with van der Waals surface area (Å²) in [6.45, 7) is 0.863. The second-order valence-electron chi connectivity index (χ2n) is 4.40. The van der Waals surface area contributed by atoms with Crippen LogP contribution in [0, 0.1) is 0 Å². The largest absolute Gasteiger partial charge is 0.359 e. The molecular formula is C12H15N7S. The van der Waals surface area contributed by atoms with E-state index in [1.807, 2.05) is 7.05 Å². The van der Waals surface area contributed by atoms with Crippen molar-refractivity contribution < 1.29 is 0 Å². The van der Waals surface area contributed by atoms with Gasteiger partial charge in [-0.05, 0) is 17.9 Å². The maximum Gasteiger partial charge on any atom is 0.241 e. The molecule has 0 aliphatic rings. The summed E-state index contributed by atoms with van der Waals surface area (Å²) in [5.74, 6) is 6.59. The summed E-state index contributed by atoms with van der Waals surface area (Å²) in [6.07, 6.45) is 2.70. The molecule has 3 rings (SSSR count). The van der Waals surface area contributed by atoms with Crippen molar-refractivity contribution >= 4 is 34.1 Å². The van der Waals surface area contributed by atoms with E-state index in [4.69, 9.17) is 5.84 Å². The van der Waals surface area contributed by atoms with Gasteiger partial charge < -0.3 is 4.90 Å². The van der Waals surface area contributed by atoms with Crippen molar-refractivity contribution in [2.75, 3.05) is 23.9 Å². The average Bonchev–Trinajstić information content (AvgIpc) is 3.14. The molecule has 0 radical (unpaired) electrons. The van der Waals surface area contributed by atoms with Gasteiger partial charge in [0.2, 0.25) is 5.95 Å². The van der Waals surface area contributed by atoms with E-state index in [1.165, 1.54) is 4.88 Å². The van der Waals surface area contributed by atoms with Crippen molar-refractivity contribution in [2.45, 2.75) is 6.42 Å². The third-order valence-electron chi connectivity index (χ3n) is 3.05. The molecule has 0 amide bonds. The van der Waals surface area contributed by atoms with Gasteiger partial charge in [-0.25, -0.2) is 5.84 Å². The molecular weight excluding hydrogens is 274 g/mol. The molecule has 0 aromatic carbocycles. The molecule has 20 heavy (non-hydrogen) atoms. The summed E-state index contributed by atoms with van der Waals surface area (Å²) in [7, 11) is 2.00. The molecule has 3 aromatic rings. The lowest BCUT2D eigenvalue weighted by Gasteiger charge is -2.18. The molecule has 0 saturated heterocycles. The van der Waals surface area contributed by atoms with Gasteiger partial charge in [0.1, 0.15) is 5.82 Å². The standard InChI is InChI=1S/C12H15N7S/c1-19(5-4-8-3-2-6-20-8)11-9-7-14-18-10(9)15-12(16-11)17-13/h2-3,6-7H,4-5,13H2,1H3,(H2,14,15,16,17,18). The van der Waals surface area contributed by atoms with Crippen molar-refractivity contribution in [3.63, 3.8) is 0 Å². The fraction of sp³-hybridized carbons (Fsp3) is 0.250. The zero-order chi connectivity index (χ0) is 13.9. The normalized spacial score (nSPS) is 10.9. The number of aromatic nitrogens is 4. The molecule has 3 aromatic heterocycles. The molecule has 0 atom stereocenters. The first-order valence-corrected chi connectivity index (χ1v) is 7.07. The Labute approximate surface area is 119 Å². The molecule has 3 heterocycles. The number of nitrogen functional groups attached to an aromatic ring is 1. The molecule has 0 unspecified atom stereocenters. The number of aromatic amines is 1. The predicted octanol–water partition coefficient (Wildman–Crippen LogP) is 1.38. The SMILES string of the molecule is CN(CCc1cccs1)c1nc(NN)nc2[nH]ncc12. The number of hydrazine groups is 1. The number of nitrogens with zero attached hydrogens (tertiary/aromatic N) is 4. The van der Waals surface area contributed by atoms with Crippen molar-refractivity contribution in [1.82, 2.24) is 20.2 Å². The fourth-order valence-corrected chi connectivity index (χ4v) is 2.71. The molecule has 0 spiro atoms. The number of thiophene rings is 1. The van der Waals surface area contributed by atoms with Gasteiger partial charge >= 0.3 is 0 Å². The lowest BCUT2D eigenvalue weighted by Crippen LogP contribution is -2.22. The van der Waals surface area contributed by atoms with Crippen molar-refractivity contribution in [2.24, 2.45) is 5.84 Å². The van der Waals surface area contributed by atoms with Crippen LogP contribution in [-0.4, -0.2) is 33.8 Å². The third kappa shape index (κ3) is 2.43. The minimum Gasteiger partial charge on any atom is -0.359 e. The summed E-state index contributed by atoms with van der Waals surface area (Å²) in [5, 5.41) is 9.82. The lowest BCUT2D eigenvalue weighted by molar-refractivity contribution is 0.871. The van der Waals surface area contributed by atoms with Crippen LogP contribution in [0.2, 0.25) is 0 Å². The Morgan fingerprint density at radius 1 is 1.45 bits per heavy atom. The highest BCUT2D eigenvalue weighted by Crippen LogP contribution is 2.23. The summed E-state index contributed by atoms with van der Waals surface area (Å²) in [6, 6.07) is 4.20. The first kappa shape index (κ1) is 12.8. The molecule has 0 fully saturated rings. The van der Waals surface area contributed by atoms with Crippen LogP contribution in [-0.2, 0) is 6.42 Å². The Morgan fingerprint density at radius 2 is 2.35 bits per heavy atom. The Morgan fingerprint density at radius 3 is 3.10 bits per heavy atom. The van der Waals surface area contributed by atoms with Gasteiger partial charge in [-0.1, -0.05) is 6.07 Å². The van der Waals surface area contributed by atoms with Crippen molar-refractivity contribution in [1.29, 1.82) is 0 Å². The Bertz CT molecular complexity index is 691. The van der Waals surface area contributed by atoms with Crippen molar-refractivity contribution in [3.8, 4) is 0 Å². The zero-order valence-corrected chi connectivity index (χ0v) is 11.8. The number of hydrogen-bond donors (Lipinski definition) is 3. The summed E-state index contributed by atoms with van der Waals surface area (Å²) in [5.41, 5.74) is 3.15. The third-order valence-corrected chi connectivity index (χ3v) is 3.99. The van der Waals surface area contributed by atoms with E-state index in [9.17, 15) is 0 Å². The van der Waals surface area contributed by atoms with E-state index in [-0.39, 0.29) is 0 Å². The molecule has 104 valence electrons. The quantitative estimate of drug-likeness (QED) is 0.485. The number of fused-ring (bicyclic) bond motifs is 1. The Balaban J connectivity index is 1.86. The van der Waals surface area contributed by atoms with Crippen LogP contribution in [0.3, 0.4) is 0 Å². The van der Waals surface area contributed by atoms with Crippen LogP contribution in [0.4, 0.5) is 11.8 Å². The number of hydrogen-bond acceptors (Lipinski definition) is 7. The highest BCUT2D eigenvalue weighted by Gasteiger charge is 2.13. The first-order chi connectivity index (χ1) is 9.78. The van der Waals surface area contributed by atoms with Crippen LogP contribution >= 0.6 is 11.3 Å². The minimum atomic E-state index is 0.375. The minimum absolute atomic E-state index is 0.375. The van der Waals surface area contributed by atoms with E-state index in [0.29, 0.717) is 11.6 Å². The van der Waals surface area contributed by atoms with Crippen LogP contribution in [0.25, 0.3) is 11.0 Å². The summed E-state index contributed by atoms with van der Waals surface area (Å²) < 4.78 is 0. The molecule has 0 aliphatic carbocycles. The van der Waals surface area contributed by atoms with Gasteiger partial charge in [0.15, 0.2) is 5.65 Å². The number of H-pyrrole nitrogens is 1. The van der Waals surface area contributed by atoms with Crippen LogP contribution in [0.5, 0.6) is 0 Å². The number of likely N-dealkylation sites (N-methyl/N-ethyl adjacent to an activating group) is 1. The highest BCUT2D eigenvalue weighted by molar-refractivity contribution is 7.09. The van der Waals surface area contributed by atoms with Crippen molar-refractivity contribution in [3.05, 3.63) is 28.6 Å². The number of nitrogens with one attached hydrogen (secondary N) is 2. The zero-order valence-electron chi connectivity index (χ0n) is 11.0. The Kier molecular flexibility index (Phi) is 3.48. The fourth-order valence-electron chi connectivity index (χ4n) is 2.01. The van der Waals surface area contributed by atoms with E-state index < -0.39 is 0 Å². The first-order valence-electron chi connectivity index (χ1n) is 6.19. The molecule has 8 heteroatoms. The average molecular weight is 289 g/mol. The van der Waals surface area contributed by atoms with Gasteiger partial charge in [-0.3, -0.25) is 10.5 Å². The molecule has 0 aliphatic heterocycles. The second-order valence-corrected chi connectivity index (χ2v) is 5.43. The lowest BCUT2D eigenvalue weighted by atomic mass is 10.3. The number of anilines is 2.